The molecule has 0 aliphatic heterocycles. The molecule has 2 aliphatic rings. The highest BCUT2D eigenvalue weighted by molar-refractivity contribution is 5.85. The van der Waals surface area contributed by atoms with Crippen LogP contribution in [-0.2, 0) is 11.2 Å². The third kappa shape index (κ3) is 3.62. The number of hydrogen-bond donors (Lipinski definition) is 2. The number of carbonyl (C=O) groups is 1. The molecule has 0 aromatic heterocycles. The van der Waals surface area contributed by atoms with Gasteiger partial charge in [0.2, 0.25) is 5.91 Å². The molecule has 0 bridgehead atoms. The van der Waals surface area contributed by atoms with Gasteiger partial charge in [-0.1, -0.05) is 49.6 Å². The Bertz CT molecular complexity index is 793. The van der Waals surface area contributed by atoms with Crippen LogP contribution in [0.1, 0.15) is 50.2 Å². The maximum atomic E-state index is 12.4. The van der Waals surface area contributed by atoms with Gasteiger partial charge in [0.25, 0.3) is 0 Å². The summed E-state index contributed by atoms with van der Waals surface area (Å²) in [7, 11) is 0. The standard InChI is InChI=1S/C23H28N2O/c1-16(23(26)24-15-17-7-3-2-4-8-17)25-20-12-11-19-13-18-9-5-6-10-21(18)22(19)14-20/h5-6,9-12,14,16-17,25H,2-4,7-8,13,15H2,1H3,(H,24,26)/t16-/m0/s1. The fourth-order valence-electron chi connectivity index (χ4n) is 4.32. The molecular weight excluding hydrogens is 320 g/mol. The highest BCUT2D eigenvalue weighted by Gasteiger charge is 2.20. The van der Waals surface area contributed by atoms with Crippen LogP contribution in [-0.4, -0.2) is 18.5 Å². The average Bonchev–Trinajstić information content (AvgIpc) is 3.05. The van der Waals surface area contributed by atoms with Crippen molar-refractivity contribution in [3.63, 3.8) is 0 Å². The first kappa shape index (κ1) is 17.1. The summed E-state index contributed by atoms with van der Waals surface area (Å²) in [6, 6.07) is 14.8. The van der Waals surface area contributed by atoms with Gasteiger partial charge in [-0.25, -0.2) is 0 Å². The van der Waals surface area contributed by atoms with E-state index < -0.39 is 0 Å². The molecule has 3 nitrogen and oxygen atoms in total. The Morgan fingerprint density at radius 1 is 1.04 bits per heavy atom. The number of fused-ring (bicyclic) bond motifs is 3. The molecule has 26 heavy (non-hydrogen) atoms. The van der Waals surface area contributed by atoms with Crippen molar-refractivity contribution >= 4 is 11.6 Å². The van der Waals surface area contributed by atoms with Crippen LogP contribution in [0.5, 0.6) is 0 Å². The molecule has 0 saturated heterocycles. The molecule has 2 N–H and O–H groups in total. The van der Waals surface area contributed by atoms with E-state index in [1.54, 1.807) is 0 Å². The van der Waals surface area contributed by atoms with Gasteiger partial charge < -0.3 is 10.6 Å². The van der Waals surface area contributed by atoms with Crippen molar-refractivity contribution in [2.24, 2.45) is 5.92 Å². The van der Waals surface area contributed by atoms with Gasteiger partial charge in [0.05, 0.1) is 0 Å². The predicted molar refractivity (Wildman–Crippen MR) is 107 cm³/mol. The summed E-state index contributed by atoms with van der Waals surface area (Å²) in [5, 5.41) is 6.52. The summed E-state index contributed by atoms with van der Waals surface area (Å²) >= 11 is 0. The lowest BCUT2D eigenvalue weighted by molar-refractivity contribution is -0.121. The SMILES string of the molecule is C[C@H](Nc1ccc2c(c1)-c1ccccc1C2)C(=O)NCC1CCCCC1. The third-order valence-corrected chi connectivity index (χ3v) is 5.86. The Morgan fingerprint density at radius 3 is 2.65 bits per heavy atom. The second-order valence-electron chi connectivity index (χ2n) is 7.82. The molecule has 1 atom stereocenters. The molecule has 4 rings (SSSR count). The van der Waals surface area contributed by atoms with Crippen molar-refractivity contribution in [3.8, 4) is 11.1 Å². The predicted octanol–water partition coefficient (Wildman–Crippen LogP) is 4.75. The number of benzene rings is 2. The van der Waals surface area contributed by atoms with Gasteiger partial charge in [0.15, 0.2) is 0 Å². The van der Waals surface area contributed by atoms with E-state index in [0.29, 0.717) is 5.92 Å². The molecule has 1 amide bonds. The minimum absolute atomic E-state index is 0.0940. The molecule has 3 heteroatoms. The summed E-state index contributed by atoms with van der Waals surface area (Å²) in [4.78, 5) is 12.4. The topological polar surface area (TPSA) is 41.1 Å². The van der Waals surface area contributed by atoms with Crippen LogP contribution in [0.15, 0.2) is 42.5 Å². The summed E-state index contributed by atoms with van der Waals surface area (Å²) in [6.07, 6.45) is 7.49. The normalized spacial score (nSPS) is 17.3. The first-order valence-electron chi connectivity index (χ1n) is 9.96. The highest BCUT2D eigenvalue weighted by atomic mass is 16.2. The number of amides is 1. The van der Waals surface area contributed by atoms with E-state index in [0.717, 1.165) is 18.7 Å². The maximum absolute atomic E-state index is 12.4. The Labute approximate surface area is 156 Å². The van der Waals surface area contributed by atoms with Crippen molar-refractivity contribution in [1.82, 2.24) is 5.32 Å². The Balaban J connectivity index is 1.38. The Hall–Kier alpha value is -2.29. The second-order valence-corrected chi connectivity index (χ2v) is 7.82. The fourth-order valence-corrected chi connectivity index (χ4v) is 4.32. The van der Waals surface area contributed by atoms with Gasteiger partial charge in [-0.2, -0.15) is 0 Å². The van der Waals surface area contributed by atoms with Crippen molar-refractivity contribution in [2.45, 2.75) is 51.5 Å². The van der Waals surface area contributed by atoms with E-state index >= 15 is 0 Å². The van der Waals surface area contributed by atoms with E-state index in [1.807, 2.05) is 6.92 Å². The van der Waals surface area contributed by atoms with Gasteiger partial charge in [0.1, 0.15) is 6.04 Å². The summed E-state index contributed by atoms with van der Waals surface area (Å²) in [5.74, 6) is 0.757. The zero-order chi connectivity index (χ0) is 17.9. The first-order chi connectivity index (χ1) is 12.7. The lowest BCUT2D eigenvalue weighted by Gasteiger charge is -2.23. The monoisotopic (exact) mass is 348 g/mol. The highest BCUT2D eigenvalue weighted by Crippen LogP contribution is 2.37. The number of nitrogens with one attached hydrogen (secondary N) is 2. The van der Waals surface area contributed by atoms with Gasteiger partial charge in [-0.15, -0.1) is 0 Å². The number of anilines is 1. The van der Waals surface area contributed by atoms with Crippen LogP contribution in [0.25, 0.3) is 11.1 Å². The maximum Gasteiger partial charge on any atom is 0.242 e. The van der Waals surface area contributed by atoms with Crippen LogP contribution >= 0.6 is 0 Å². The van der Waals surface area contributed by atoms with Gasteiger partial charge in [-0.3, -0.25) is 4.79 Å². The minimum Gasteiger partial charge on any atom is -0.374 e. The first-order valence-corrected chi connectivity index (χ1v) is 9.96. The number of hydrogen-bond acceptors (Lipinski definition) is 2. The molecule has 0 heterocycles. The Kier molecular flexibility index (Phi) is 4.96. The smallest absolute Gasteiger partial charge is 0.242 e. The van der Waals surface area contributed by atoms with E-state index in [9.17, 15) is 4.79 Å². The van der Waals surface area contributed by atoms with Crippen molar-refractivity contribution in [2.75, 3.05) is 11.9 Å². The zero-order valence-corrected chi connectivity index (χ0v) is 15.6. The largest absolute Gasteiger partial charge is 0.374 e. The molecule has 1 saturated carbocycles. The van der Waals surface area contributed by atoms with Gasteiger partial charge >= 0.3 is 0 Å². The average molecular weight is 348 g/mol. The van der Waals surface area contributed by atoms with Crippen LogP contribution in [0, 0.1) is 5.92 Å². The van der Waals surface area contributed by atoms with E-state index in [-0.39, 0.29) is 11.9 Å². The molecule has 136 valence electrons. The van der Waals surface area contributed by atoms with E-state index in [2.05, 4.69) is 53.1 Å². The third-order valence-electron chi connectivity index (χ3n) is 5.86. The summed E-state index contributed by atoms with van der Waals surface area (Å²) in [5.41, 5.74) is 6.38. The van der Waals surface area contributed by atoms with E-state index in [4.69, 9.17) is 0 Å². The van der Waals surface area contributed by atoms with Crippen molar-refractivity contribution < 1.29 is 4.79 Å². The minimum atomic E-state index is -0.228. The van der Waals surface area contributed by atoms with Crippen LogP contribution in [0.4, 0.5) is 5.69 Å². The van der Waals surface area contributed by atoms with Crippen molar-refractivity contribution in [3.05, 3.63) is 53.6 Å². The molecule has 2 aromatic rings. The van der Waals surface area contributed by atoms with Crippen LogP contribution in [0.2, 0.25) is 0 Å². The zero-order valence-electron chi connectivity index (χ0n) is 15.6. The lowest BCUT2D eigenvalue weighted by atomic mass is 9.89. The Morgan fingerprint density at radius 2 is 1.81 bits per heavy atom. The molecule has 2 aliphatic carbocycles. The van der Waals surface area contributed by atoms with Crippen LogP contribution in [0.3, 0.4) is 0 Å². The molecule has 2 aromatic carbocycles. The molecule has 1 fully saturated rings. The fraction of sp³-hybridized carbons (Fsp3) is 0.435. The van der Waals surface area contributed by atoms with E-state index in [1.165, 1.54) is 54.4 Å². The quantitative estimate of drug-likeness (QED) is 0.698. The second kappa shape index (κ2) is 7.53. The number of rotatable bonds is 5. The molecular formula is C23H28N2O. The molecule has 0 unspecified atom stereocenters. The van der Waals surface area contributed by atoms with Gasteiger partial charge in [0, 0.05) is 12.2 Å². The summed E-state index contributed by atoms with van der Waals surface area (Å²) < 4.78 is 0. The molecule has 0 radical (unpaired) electrons. The molecule has 0 spiro atoms. The lowest BCUT2D eigenvalue weighted by Crippen LogP contribution is -2.40. The number of carbonyl (C=O) groups excluding carboxylic acids is 1. The van der Waals surface area contributed by atoms with Gasteiger partial charge in [-0.05, 0) is 66.5 Å². The summed E-state index contributed by atoms with van der Waals surface area (Å²) in [6.45, 7) is 2.76. The van der Waals surface area contributed by atoms with Crippen molar-refractivity contribution in [1.29, 1.82) is 0 Å². The van der Waals surface area contributed by atoms with Crippen LogP contribution < -0.4 is 10.6 Å².